The van der Waals surface area contributed by atoms with Gasteiger partial charge < -0.3 is 15.5 Å². The maximum Gasteiger partial charge on any atom is 0.263 e. The van der Waals surface area contributed by atoms with Crippen molar-refractivity contribution in [1.29, 1.82) is 0 Å². The number of benzene rings is 2. The van der Waals surface area contributed by atoms with Crippen molar-refractivity contribution in [2.24, 2.45) is 16.7 Å². The normalized spacial score (nSPS) is 28.3. The van der Waals surface area contributed by atoms with Gasteiger partial charge in [-0.05, 0) is 62.1 Å². The minimum Gasteiger partial charge on any atom is -0.396 e. The molecule has 1 fully saturated rings. The van der Waals surface area contributed by atoms with E-state index in [2.05, 4.69) is 17.0 Å². The summed E-state index contributed by atoms with van der Waals surface area (Å²) in [4.78, 5) is 19.4. The lowest BCUT2D eigenvalue weighted by molar-refractivity contribution is -0.144. The summed E-state index contributed by atoms with van der Waals surface area (Å²) in [6.45, 7) is 7.71. The highest BCUT2D eigenvalue weighted by Gasteiger charge is 2.59. The average Bonchev–Trinajstić information content (AvgIpc) is 3.34. The van der Waals surface area contributed by atoms with Crippen LogP contribution >= 0.6 is 11.3 Å². The smallest absolute Gasteiger partial charge is 0.263 e. The van der Waals surface area contributed by atoms with E-state index >= 15 is 0 Å². The first kappa shape index (κ1) is 29.7. The summed E-state index contributed by atoms with van der Waals surface area (Å²) in [5, 5.41) is 24.9. The Kier molecular flexibility index (Phi) is 8.06. The number of nitrogens with zero attached hydrogens (tertiary/aromatic N) is 1. The Balaban J connectivity index is 1.49. The fourth-order valence-corrected chi connectivity index (χ4v) is 9.19. The van der Waals surface area contributed by atoms with E-state index in [1.807, 2.05) is 51.1 Å². The average molecular weight is 598 g/mol. The molecule has 41 heavy (non-hydrogen) atoms. The number of carbonyl (C=O) groups excluding carboxylic acids is 1. The fraction of sp³-hybridized carbons (Fsp3) is 0.484. The highest BCUT2D eigenvalue weighted by atomic mass is 32.2. The number of aryl methyl sites for hydroxylation is 1. The number of fused-ring (bicyclic) bond motifs is 2. The van der Waals surface area contributed by atoms with E-state index in [1.54, 1.807) is 24.3 Å². The molecule has 6 atom stereocenters. The van der Waals surface area contributed by atoms with Crippen LogP contribution in [0.1, 0.15) is 73.7 Å². The monoisotopic (exact) mass is 597 g/mol. The number of thiazole rings is 1. The van der Waals surface area contributed by atoms with Crippen molar-refractivity contribution in [2.75, 3.05) is 11.3 Å². The highest BCUT2D eigenvalue weighted by Crippen LogP contribution is 2.62. The van der Waals surface area contributed by atoms with Gasteiger partial charge in [-0.15, -0.1) is 11.3 Å². The van der Waals surface area contributed by atoms with Crippen molar-refractivity contribution in [3.63, 3.8) is 0 Å². The molecule has 1 saturated carbocycles. The highest BCUT2D eigenvalue weighted by molar-refractivity contribution is 7.93. The zero-order chi connectivity index (χ0) is 29.6. The van der Waals surface area contributed by atoms with Gasteiger partial charge in [0.05, 0.1) is 29.3 Å². The summed E-state index contributed by atoms with van der Waals surface area (Å²) in [5.74, 6) is -0.556. The van der Waals surface area contributed by atoms with E-state index in [4.69, 9.17) is 4.98 Å². The van der Waals surface area contributed by atoms with Gasteiger partial charge in [0.25, 0.3) is 10.0 Å². The van der Waals surface area contributed by atoms with E-state index in [-0.39, 0.29) is 46.8 Å². The van der Waals surface area contributed by atoms with E-state index in [0.717, 1.165) is 21.7 Å². The third-order valence-electron chi connectivity index (χ3n) is 9.51. The molecule has 3 aromatic rings. The van der Waals surface area contributed by atoms with Crippen molar-refractivity contribution in [3.05, 3.63) is 76.3 Å². The van der Waals surface area contributed by atoms with Crippen LogP contribution in [0.25, 0.3) is 0 Å². The van der Waals surface area contributed by atoms with Gasteiger partial charge in [0, 0.05) is 22.6 Å². The molecular weight excluding hydrogens is 558 g/mol. The van der Waals surface area contributed by atoms with Crippen molar-refractivity contribution in [2.45, 2.75) is 76.3 Å². The van der Waals surface area contributed by atoms with Crippen LogP contribution in [0.15, 0.2) is 59.5 Å². The van der Waals surface area contributed by atoms with Crippen molar-refractivity contribution >= 4 is 32.4 Å². The van der Waals surface area contributed by atoms with E-state index in [9.17, 15) is 23.4 Å². The molecular formula is C31H39N3O5S2. The number of anilines is 1. The Hall–Kier alpha value is -2.79. The quantitative estimate of drug-likeness (QED) is 0.291. The second kappa shape index (κ2) is 11.1. The Morgan fingerprint density at radius 3 is 2.49 bits per heavy atom. The van der Waals surface area contributed by atoms with Gasteiger partial charge in [0.2, 0.25) is 5.91 Å². The van der Waals surface area contributed by atoms with Gasteiger partial charge in [-0.3, -0.25) is 9.52 Å². The molecule has 2 aromatic carbocycles. The molecule has 4 N–H and O–H groups in total. The zero-order valence-electron chi connectivity index (χ0n) is 23.9. The molecule has 10 heteroatoms. The lowest BCUT2D eigenvalue weighted by Gasteiger charge is -2.58. The van der Waals surface area contributed by atoms with Crippen LogP contribution in [0, 0.1) is 23.7 Å². The third-order valence-corrected chi connectivity index (χ3v) is 12.0. The van der Waals surface area contributed by atoms with E-state index in [1.165, 1.54) is 11.3 Å². The molecule has 6 unspecified atom stereocenters. The van der Waals surface area contributed by atoms with E-state index in [0.29, 0.717) is 19.3 Å². The number of aliphatic hydroxyl groups excluding tert-OH is 2. The van der Waals surface area contributed by atoms with Crippen molar-refractivity contribution in [3.8, 4) is 0 Å². The minimum absolute atomic E-state index is 0.120. The lowest BCUT2D eigenvalue weighted by atomic mass is 9.47. The molecule has 0 spiro atoms. The lowest BCUT2D eigenvalue weighted by Crippen LogP contribution is -2.57. The summed E-state index contributed by atoms with van der Waals surface area (Å²) >= 11 is 1.27. The fourth-order valence-electron chi connectivity index (χ4n) is 6.89. The Labute approximate surface area is 246 Å². The van der Waals surface area contributed by atoms with Crippen molar-refractivity contribution in [1.82, 2.24) is 10.3 Å². The van der Waals surface area contributed by atoms with Crippen LogP contribution in [-0.4, -0.2) is 42.2 Å². The van der Waals surface area contributed by atoms with Crippen LogP contribution in [0.4, 0.5) is 5.13 Å². The Morgan fingerprint density at radius 2 is 1.83 bits per heavy atom. The molecule has 220 valence electrons. The topological polar surface area (TPSA) is 129 Å². The van der Waals surface area contributed by atoms with Crippen molar-refractivity contribution < 1.29 is 23.4 Å². The number of carbonyl (C=O) groups is 1. The third kappa shape index (κ3) is 5.55. The molecule has 5 rings (SSSR count). The molecule has 8 nitrogen and oxygen atoms in total. The van der Waals surface area contributed by atoms with Crippen LogP contribution < -0.4 is 10.0 Å². The number of sulfonamides is 1. The van der Waals surface area contributed by atoms with E-state index < -0.39 is 27.0 Å². The number of nitrogens with one attached hydrogen (secondary N) is 2. The molecule has 1 heterocycles. The standard InChI is InChI=1S/C31H39N3O5S2/c1-19-10-12-22(13-11-19)41(38,39)34-29-33-28-23(16-27(37)32-20(2)21-8-6-5-7-9-21)30(3)15-14-26(36)31(4,18-35)25(30)17-24(28)40-29/h5-13,20,23,25-26,35-36H,14-18H2,1-4H3,(H,32,37)(H,33,34). The first-order valence-electron chi connectivity index (χ1n) is 14.1. The molecule has 0 aliphatic heterocycles. The van der Waals surface area contributed by atoms with Crippen LogP contribution in [0.2, 0.25) is 0 Å². The SMILES string of the molecule is Cc1ccc(S(=O)(=O)Nc2nc3c(s2)CC2C(C)(CO)C(O)CCC2(C)C3CC(=O)NC(C)c2ccccc2)cc1. The Bertz CT molecular complexity index is 1510. The molecule has 2 aliphatic rings. The summed E-state index contributed by atoms with van der Waals surface area (Å²) in [6.07, 6.45) is 1.22. The zero-order valence-corrected chi connectivity index (χ0v) is 25.6. The van der Waals surface area contributed by atoms with Crippen LogP contribution in [0.3, 0.4) is 0 Å². The number of aromatic nitrogens is 1. The first-order chi connectivity index (χ1) is 19.4. The Morgan fingerprint density at radius 1 is 1.15 bits per heavy atom. The predicted molar refractivity (Wildman–Crippen MR) is 160 cm³/mol. The molecule has 0 saturated heterocycles. The molecule has 0 radical (unpaired) electrons. The van der Waals surface area contributed by atoms with Gasteiger partial charge in [-0.1, -0.05) is 61.9 Å². The van der Waals surface area contributed by atoms with Gasteiger partial charge in [0.15, 0.2) is 5.13 Å². The predicted octanol–water partition coefficient (Wildman–Crippen LogP) is 4.94. The number of amides is 1. The van der Waals surface area contributed by atoms with Gasteiger partial charge in [0.1, 0.15) is 0 Å². The maximum absolute atomic E-state index is 13.5. The van der Waals surface area contributed by atoms with Gasteiger partial charge in [-0.2, -0.15) is 0 Å². The number of aliphatic hydroxyl groups is 2. The second-order valence-electron chi connectivity index (χ2n) is 12.2. The number of hydrogen-bond donors (Lipinski definition) is 4. The summed E-state index contributed by atoms with van der Waals surface area (Å²) < 4.78 is 29.0. The molecule has 2 aliphatic carbocycles. The number of rotatable bonds is 8. The summed E-state index contributed by atoms with van der Waals surface area (Å²) in [5.41, 5.74) is 1.50. The first-order valence-corrected chi connectivity index (χ1v) is 16.4. The molecule has 1 aromatic heterocycles. The minimum atomic E-state index is -3.86. The van der Waals surface area contributed by atoms with Crippen LogP contribution in [0.5, 0.6) is 0 Å². The summed E-state index contributed by atoms with van der Waals surface area (Å²) in [6, 6.07) is 16.2. The van der Waals surface area contributed by atoms with Gasteiger partial charge >= 0.3 is 0 Å². The summed E-state index contributed by atoms with van der Waals surface area (Å²) in [7, 11) is -3.86. The molecule has 0 bridgehead atoms. The number of hydrogen-bond acceptors (Lipinski definition) is 7. The second-order valence-corrected chi connectivity index (χ2v) is 14.9. The van der Waals surface area contributed by atoms with Crippen LogP contribution in [-0.2, 0) is 21.2 Å². The maximum atomic E-state index is 13.5. The molecule has 1 amide bonds. The van der Waals surface area contributed by atoms with Gasteiger partial charge in [-0.25, -0.2) is 13.4 Å². The largest absolute Gasteiger partial charge is 0.396 e.